The van der Waals surface area contributed by atoms with E-state index in [1.54, 1.807) is 5.92 Å². The third kappa shape index (κ3) is 7.52. The van der Waals surface area contributed by atoms with Crippen molar-refractivity contribution in [1.82, 2.24) is 9.55 Å². The molecule has 0 aliphatic rings. The second-order valence-corrected chi connectivity index (χ2v) is 10.0. The summed E-state index contributed by atoms with van der Waals surface area (Å²) < 4.78 is 40.0. The van der Waals surface area contributed by atoms with E-state index < -0.39 is 58.6 Å². The third-order valence-electron chi connectivity index (χ3n) is 3.19. The molecule has 1 aromatic rings. The maximum Gasteiger partial charge on any atom is 0.532 e. The van der Waals surface area contributed by atoms with E-state index in [-0.39, 0.29) is 0 Å². The predicted molar refractivity (Wildman–Crippen MR) is 101 cm³/mol. The van der Waals surface area contributed by atoms with Gasteiger partial charge in [-0.3, -0.25) is 19.2 Å². The van der Waals surface area contributed by atoms with Crippen LogP contribution in [-0.4, -0.2) is 60.4 Å². The number of aromatic amines is 1. The Morgan fingerprint density at radius 2 is 2.00 bits per heavy atom. The van der Waals surface area contributed by atoms with Gasteiger partial charge in [0.15, 0.2) is 0 Å². The van der Waals surface area contributed by atoms with Gasteiger partial charge in [0, 0.05) is 19.4 Å². The van der Waals surface area contributed by atoms with Crippen molar-refractivity contribution in [2.24, 2.45) is 0 Å². The highest BCUT2D eigenvalue weighted by Crippen LogP contribution is 2.61. The lowest BCUT2D eigenvalue weighted by atomic mass is 10.0. The fraction of sp³-hybridized carbons (Fsp3) is 0.455. The Balaban J connectivity index is 2.95. The van der Waals surface area contributed by atoms with E-state index in [4.69, 9.17) is 25.5 Å². The molecule has 0 spiro atoms. The number of terminal acetylenes is 1. The molecule has 1 aromatic heterocycles. The van der Waals surface area contributed by atoms with Crippen molar-refractivity contribution in [2.45, 2.75) is 17.9 Å². The van der Waals surface area contributed by atoms with Gasteiger partial charge in [-0.2, -0.15) is 4.31 Å². The molecule has 6 N–H and O–H groups in total. The number of phosphoric acid groups is 2. The number of ether oxygens (including phenoxy) is 1. The van der Waals surface area contributed by atoms with Gasteiger partial charge >= 0.3 is 28.5 Å². The van der Waals surface area contributed by atoms with E-state index in [0.717, 1.165) is 19.4 Å². The van der Waals surface area contributed by atoms with E-state index in [1.807, 2.05) is 4.98 Å². The smallest absolute Gasteiger partial charge is 0.384 e. The number of rotatable bonds is 11. The van der Waals surface area contributed by atoms with Crippen molar-refractivity contribution < 1.29 is 51.9 Å². The largest absolute Gasteiger partial charge is 0.532 e. The number of aromatic nitrogens is 2. The predicted octanol–water partition coefficient (Wildman–Crippen LogP) is -1.79. The van der Waals surface area contributed by atoms with Crippen LogP contribution in [0.3, 0.4) is 0 Å². The first kappa shape index (κ1) is 26.9. The quantitative estimate of drug-likeness (QED) is 0.143. The molecule has 0 aliphatic heterocycles. The van der Waals surface area contributed by atoms with E-state index in [2.05, 4.69) is 20.4 Å². The molecule has 0 saturated heterocycles. The molecule has 19 heteroatoms. The molecule has 1 heterocycles. The normalized spacial score (nSPS) is 18.5. The molecule has 0 radical (unpaired) electrons. The molecule has 0 amide bonds. The first-order chi connectivity index (χ1) is 13.6. The molecule has 0 bridgehead atoms. The van der Waals surface area contributed by atoms with E-state index in [9.17, 15) is 33.8 Å². The van der Waals surface area contributed by atoms with Crippen LogP contribution in [0.15, 0.2) is 21.9 Å². The fourth-order valence-electron chi connectivity index (χ4n) is 1.92. The summed E-state index contributed by atoms with van der Waals surface area (Å²) in [6.07, 6.45) is 2.47. The molecule has 168 valence electrons. The molecule has 0 aliphatic carbocycles. The summed E-state index contributed by atoms with van der Waals surface area (Å²) in [6.45, 7) is -0.731. The van der Waals surface area contributed by atoms with Crippen molar-refractivity contribution in [3.05, 3.63) is 33.1 Å². The van der Waals surface area contributed by atoms with E-state index in [0.29, 0.717) is 4.57 Å². The molecular weight excluding hydrogens is 493 g/mol. The zero-order valence-electron chi connectivity index (χ0n) is 14.8. The maximum atomic E-state index is 11.9. The number of aliphatic hydroxyl groups is 2. The van der Waals surface area contributed by atoms with Crippen molar-refractivity contribution >= 4 is 34.6 Å². The highest BCUT2D eigenvalue weighted by Gasteiger charge is 2.45. The number of aliphatic hydroxyl groups excluding tert-OH is 1. The Morgan fingerprint density at radius 3 is 2.47 bits per heavy atom. The minimum atomic E-state index is -5.38. The molecule has 1 rings (SSSR count). The van der Waals surface area contributed by atoms with Gasteiger partial charge in [0.05, 0.1) is 0 Å². The molecule has 0 aromatic carbocycles. The zero-order chi connectivity index (χ0) is 23.3. The Labute approximate surface area is 173 Å². The van der Waals surface area contributed by atoms with E-state index in [1.165, 1.54) is 0 Å². The summed E-state index contributed by atoms with van der Waals surface area (Å²) in [5.41, 5.74) is -4.68. The van der Waals surface area contributed by atoms with Gasteiger partial charge in [-0.15, -0.1) is 10.9 Å². The lowest BCUT2D eigenvalue weighted by Crippen LogP contribution is -2.55. The van der Waals surface area contributed by atoms with Crippen molar-refractivity contribution in [3.8, 4) is 12.3 Å². The van der Waals surface area contributed by atoms with Crippen LogP contribution in [0.1, 0.15) is 0 Å². The van der Waals surface area contributed by atoms with Crippen LogP contribution in [0.4, 0.5) is 0 Å². The zero-order valence-corrected chi connectivity index (χ0v) is 18.3. The van der Waals surface area contributed by atoms with Crippen LogP contribution >= 0.6 is 22.8 Å². The Morgan fingerprint density at radius 1 is 1.40 bits per heavy atom. The summed E-state index contributed by atoms with van der Waals surface area (Å²) in [7, 11) is -12.3. The van der Waals surface area contributed by atoms with Crippen molar-refractivity contribution in [2.75, 3.05) is 13.7 Å². The van der Waals surface area contributed by atoms with Crippen LogP contribution in [0, 0.1) is 12.3 Å². The lowest BCUT2D eigenvalue weighted by Gasteiger charge is -2.32. The summed E-state index contributed by atoms with van der Waals surface area (Å²) >= 11 is 4.60. The minimum absolute atomic E-state index is 0.438. The molecule has 0 saturated carbocycles. The van der Waals surface area contributed by atoms with Crippen LogP contribution in [0.2, 0.25) is 0 Å². The second kappa shape index (κ2) is 10.4. The average molecular weight is 509 g/mol. The summed E-state index contributed by atoms with van der Waals surface area (Å²) in [6, 6.07) is 0.852. The second-order valence-electron chi connectivity index (χ2n) is 5.21. The summed E-state index contributed by atoms with van der Waals surface area (Å²) in [4.78, 5) is 51.1. The SMILES string of the molecule is C#C[C@@](O)([C@H](O)[C@@H](CO[P+](=S)OP(=O)(O)OP(=O)(O)O)OC)n1ccc(=O)[nH]c1=O. The monoisotopic (exact) mass is 509 g/mol. The molecular formula is C11H16N2O13P3S+. The number of H-pyrrole nitrogens is 1. The molecule has 30 heavy (non-hydrogen) atoms. The topological polar surface area (TPSA) is 227 Å². The van der Waals surface area contributed by atoms with Gasteiger partial charge in [0.2, 0.25) is 17.5 Å². The Hall–Kier alpha value is -1.14. The van der Waals surface area contributed by atoms with Gasteiger partial charge in [0.25, 0.3) is 5.56 Å². The summed E-state index contributed by atoms with van der Waals surface area (Å²) in [5, 5.41) is 21.0. The van der Waals surface area contributed by atoms with Gasteiger partial charge in [-0.25, -0.2) is 13.9 Å². The highest BCUT2D eigenvalue weighted by atomic mass is 32.4. The van der Waals surface area contributed by atoms with E-state index >= 15 is 0 Å². The summed E-state index contributed by atoms with van der Waals surface area (Å²) in [5.74, 6) is 1.79. The van der Waals surface area contributed by atoms with Crippen LogP contribution in [0.25, 0.3) is 0 Å². The number of nitrogens with one attached hydrogen (secondary N) is 1. The standard InChI is InChI=1S/C11H15N2O13P3S/c1-3-11(17,13-5-4-8(14)12-10(13)16)9(15)7(23-2)6-24-27(30)25-29(21,22)26-28(18,19)20/h1,4-5,7,9,15,17H,6H2,2H3,(H3-,12,14,16,18,19,20,21,22)/p+1/t7-,9-,11-/m1/s1. The Kier molecular flexibility index (Phi) is 9.37. The average Bonchev–Trinajstić information content (AvgIpc) is 2.58. The molecule has 0 fully saturated rings. The van der Waals surface area contributed by atoms with Gasteiger partial charge in [-0.05, 0) is 10.2 Å². The van der Waals surface area contributed by atoms with Gasteiger partial charge in [-0.1, -0.05) is 0 Å². The lowest BCUT2D eigenvalue weighted by molar-refractivity contribution is -0.153. The minimum Gasteiger partial charge on any atom is -0.384 e. The third-order valence-corrected chi connectivity index (χ3v) is 7.51. The van der Waals surface area contributed by atoms with Gasteiger partial charge < -0.3 is 24.7 Å². The van der Waals surface area contributed by atoms with Crippen molar-refractivity contribution in [3.63, 3.8) is 0 Å². The van der Waals surface area contributed by atoms with Crippen LogP contribution < -0.4 is 11.2 Å². The van der Waals surface area contributed by atoms with Gasteiger partial charge in [0.1, 0.15) is 18.8 Å². The first-order valence-corrected chi connectivity index (χ1v) is 12.5. The molecule has 2 unspecified atom stereocenters. The molecule has 5 atom stereocenters. The number of hydrogen-bond acceptors (Lipinski definition) is 11. The fourth-order valence-corrected chi connectivity index (χ4v) is 5.46. The van der Waals surface area contributed by atoms with Crippen LogP contribution in [0.5, 0.6) is 0 Å². The number of hydrogen-bond donors (Lipinski definition) is 6. The Bertz CT molecular complexity index is 1030. The molecule has 15 nitrogen and oxygen atoms in total. The maximum absolute atomic E-state index is 11.9. The number of nitrogens with zero attached hydrogens (tertiary/aromatic N) is 1. The first-order valence-electron chi connectivity index (χ1n) is 7.28. The van der Waals surface area contributed by atoms with Crippen LogP contribution in [-0.2, 0) is 44.5 Å². The van der Waals surface area contributed by atoms with Crippen molar-refractivity contribution in [1.29, 1.82) is 0 Å². The highest BCUT2D eigenvalue weighted by molar-refractivity contribution is 8.02. The number of methoxy groups -OCH3 is 1.